The van der Waals surface area contributed by atoms with Crippen molar-refractivity contribution < 1.29 is 14.5 Å². The molecule has 2 atom stereocenters. The fourth-order valence-corrected chi connectivity index (χ4v) is 5.84. The predicted octanol–water partition coefficient (Wildman–Crippen LogP) is 4.47. The van der Waals surface area contributed by atoms with Gasteiger partial charge in [-0.15, -0.1) is 0 Å². The Balaban J connectivity index is 1.41. The van der Waals surface area contributed by atoms with Crippen molar-refractivity contribution >= 4 is 35.3 Å². The summed E-state index contributed by atoms with van der Waals surface area (Å²) < 4.78 is 0. The van der Waals surface area contributed by atoms with Crippen molar-refractivity contribution in [2.45, 2.75) is 11.8 Å². The second kappa shape index (κ2) is 7.08. The summed E-state index contributed by atoms with van der Waals surface area (Å²) in [7, 11) is 0. The molecule has 2 unspecified atom stereocenters. The topological polar surface area (TPSA) is 92.9 Å². The van der Waals surface area contributed by atoms with E-state index in [-0.39, 0.29) is 34.4 Å². The Morgan fingerprint density at radius 2 is 1.33 bits per heavy atom. The van der Waals surface area contributed by atoms with Crippen molar-refractivity contribution in [1.29, 1.82) is 0 Å². The SMILES string of the molecule is O=C1C2C3c4ccccc4C(c4ccccc43)C2C(=O)N1/N=C/c1ccc(Cl)c([N+](=O)[O-])c1. The lowest BCUT2D eigenvalue weighted by molar-refractivity contribution is -0.384. The molecule has 0 spiro atoms. The summed E-state index contributed by atoms with van der Waals surface area (Å²) in [5.41, 5.74) is 4.45. The van der Waals surface area contributed by atoms with E-state index in [0.717, 1.165) is 27.3 Å². The van der Waals surface area contributed by atoms with Crippen molar-refractivity contribution in [2.75, 3.05) is 0 Å². The third-order valence-corrected chi connectivity index (χ3v) is 7.23. The number of carbonyl (C=O) groups excluding carboxylic acids is 2. The Labute approximate surface area is 193 Å². The molecule has 4 aliphatic rings. The van der Waals surface area contributed by atoms with Gasteiger partial charge in [0, 0.05) is 23.5 Å². The molecule has 7 nitrogen and oxygen atoms in total. The summed E-state index contributed by atoms with van der Waals surface area (Å²) in [6.45, 7) is 0. The van der Waals surface area contributed by atoms with Gasteiger partial charge in [-0.1, -0.05) is 66.2 Å². The maximum atomic E-state index is 13.5. The van der Waals surface area contributed by atoms with E-state index in [9.17, 15) is 19.7 Å². The van der Waals surface area contributed by atoms with Gasteiger partial charge in [0.1, 0.15) is 5.02 Å². The summed E-state index contributed by atoms with van der Waals surface area (Å²) in [6.07, 6.45) is 1.29. The van der Waals surface area contributed by atoms with Crippen LogP contribution in [0.15, 0.2) is 71.8 Å². The van der Waals surface area contributed by atoms with Crippen molar-refractivity contribution in [3.63, 3.8) is 0 Å². The Morgan fingerprint density at radius 3 is 1.79 bits per heavy atom. The number of imide groups is 1. The Morgan fingerprint density at radius 1 is 0.848 bits per heavy atom. The van der Waals surface area contributed by atoms with E-state index in [2.05, 4.69) is 5.10 Å². The number of amides is 2. The third kappa shape index (κ3) is 2.72. The molecule has 0 N–H and O–H groups in total. The number of nitro benzene ring substituents is 1. The van der Waals surface area contributed by atoms with E-state index in [1.54, 1.807) is 6.07 Å². The van der Waals surface area contributed by atoms with E-state index in [1.165, 1.54) is 18.3 Å². The molecule has 162 valence electrons. The van der Waals surface area contributed by atoms with Crippen LogP contribution in [-0.4, -0.2) is 28.0 Å². The summed E-state index contributed by atoms with van der Waals surface area (Å²) in [6, 6.07) is 20.2. The van der Waals surface area contributed by atoms with E-state index >= 15 is 0 Å². The molecule has 3 aliphatic carbocycles. The normalized spacial score (nSPS) is 24.7. The fourth-order valence-electron chi connectivity index (χ4n) is 5.65. The van der Waals surface area contributed by atoms with Gasteiger partial charge in [-0.25, -0.2) is 0 Å². The molecule has 2 amide bonds. The van der Waals surface area contributed by atoms with Crippen LogP contribution in [0, 0.1) is 22.0 Å². The minimum absolute atomic E-state index is 0.00333. The lowest BCUT2D eigenvalue weighted by Crippen LogP contribution is -2.41. The monoisotopic (exact) mass is 457 g/mol. The summed E-state index contributed by atoms with van der Waals surface area (Å²) in [4.78, 5) is 37.5. The highest BCUT2D eigenvalue weighted by molar-refractivity contribution is 6.32. The van der Waals surface area contributed by atoms with Crippen LogP contribution in [0.25, 0.3) is 0 Å². The highest BCUT2D eigenvalue weighted by atomic mass is 35.5. The van der Waals surface area contributed by atoms with Crippen LogP contribution in [0.3, 0.4) is 0 Å². The number of rotatable bonds is 3. The van der Waals surface area contributed by atoms with Crippen molar-refractivity contribution in [2.24, 2.45) is 16.9 Å². The van der Waals surface area contributed by atoms with Crippen molar-refractivity contribution in [3.8, 4) is 0 Å². The van der Waals surface area contributed by atoms with Gasteiger partial charge in [-0.3, -0.25) is 19.7 Å². The zero-order valence-corrected chi connectivity index (χ0v) is 17.8. The van der Waals surface area contributed by atoms with Gasteiger partial charge in [0.15, 0.2) is 0 Å². The average Bonchev–Trinajstić information content (AvgIpc) is 3.08. The summed E-state index contributed by atoms with van der Waals surface area (Å²) >= 11 is 5.87. The number of nitro groups is 1. The highest BCUT2D eigenvalue weighted by Crippen LogP contribution is 2.60. The molecule has 33 heavy (non-hydrogen) atoms. The summed E-state index contributed by atoms with van der Waals surface area (Å²) in [5.74, 6) is -2.15. The molecule has 1 heterocycles. The maximum absolute atomic E-state index is 13.5. The molecule has 1 fully saturated rings. The van der Waals surface area contributed by atoms with Crippen LogP contribution < -0.4 is 0 Å². The zero-order valence-electron chi connectivity index (χ0n) is 17.1. The lowest BCUT2D eigenvalue weighted by atomic mass is 9.55. The smallest absolute Gasteiger partial charge is 0.272 e. The Kier molecular flexibility index (Phi) is 4.25. The van der Waals surface area contributed by atoms with Gasteiger partial charge in [-0.2, -0.15) is 10.1 Å². The van der Waals surface area contributed by atoms with E-state index in [0.29, 0.717) is 5.56 Å². The van der Waals surface area contributed by atoms with Gasteiger partial charge < -0.3 is 0 Å². The molecule has 0 radical (unpaired) electrons. The molecular weight excluding hydrogens is 442 g/mol. The van der Waals surface area contributed by atoms with Gasteiger partial charge in [-0.05, 0) is 28.3 Å². The van der Waals surface area contributed by atoms with E-state index < -0.39 is 16.8 Å². The minimum atomic E-state index is -0.591. The minimum Gasteiger partial charge on any atom is -0.272 e. The Hall–Kier alpha value is -3.84. The second-order valence-electron chi connectivity index (χ2n) is 8.47. The molecule has 0 saturated carbocycles. The van der Waals surface area contributed by atoms with Gasteiger partial charge in [0.25, 0.3) is 17.5 Å². The number of hydrogen-bond acceptors (Lipinski definition) is 5. The number of carbonyl (C=O) groups is 2. The predicted molar refractivity (Wildman–Crippen MR) is 121 cm³/mol. The highest BCUT2D eigenvalue weighted by Gasteiger charge is 2.61. The molecule has 3 aromatic rings. The van der Waals surface area contributed by atoms with Crippen LogP contribution >= 0.6 is 11.6 Å². The Bertz CT molecular complexity index is 1290. The quantitative estimate of drug-likeness (QED) is 0.251. The number of benzene rings is 3. The first-order valence-corrected chi connectivity index (χ1v) is 10.9. The average molecular weight is 458 g/mol. The first kappa shape index (κ1) is 19.8. The fraction of sp³-hybridized carbons (Fsp3) is 0.160. The van der Waals surface area contributed by atoms with Crippen molar-refractivity contribution in [1.82, 2.24) is 5.01 Å². The molecule has 0 aromatic heterocycles. The molecule has 7 rings (SSSR count). The van der Waals surface area contributed by atoms with Crippen LogP contribution in [0.1, 0.15) is 39.7 Å². The van der Waals surface area contributed by atoms with Crippen LogP contribution in [0.5, 0.6) is 0 Å². The van der Waals surface area contributed by atoms with Gasteiger partial charge in [0.05, 0.1) is 23.0 Å². The molecule has 1 saturated heterocycles. The number of halogens is 1. The number of hydrogen-bond donors (Lipinski definition) is 0. The number of hydrazone groups is 1. The molecule has 8 heteroatoms. The van der Waals surface area contributed by atoms with Gasteiger partial charge in [0.2, 0.25) is 0 Å². The van der Waals surface area contributed by atoms with Gasteiger partial charge >= 0.3 is 0 Å². The van der Waals surface area contributed by atoms with E-state index in [4.69, 9.17) is 11.6 Å². The van der Waals surface area contributed by atoms with Crippen LogP contribution in [0.4, 0.5) is 5.69 Å². The van der Waals surface area contributed by atoms with E-state index in [1.807, 2.05) is 48.5 Å². The molecular formula is C25H16ClN3O4. The molecule has 1 aliphatic heterocycles. The van der Waals surface area contributed by atoms with Crippen LogP contribution in [0.2, 0.25) is 5.02 Å². The van der Waals surface area contributed by atoms with Crippen molar-refractivity contribution in [3.05, 3.63) is 110 Å². The second-order valence-corrected chi connectivity index (χ2v) is 8.87. The zero-order chi connectivity index (χ0) is 22.9. The third-order valence-electron chi connectivity index (χ3n) is 6.91. The first-order chi connectivity index (χ1) is 16.0. The molecule has 2 bridgehead atoms. The number of nitrogens with zero attached hydrogens (tertiary/aromatic N) is 3. The molecule has 3 aromatic carbocycles. The largest absolute Gasteiger partial charge is 0.288 e. The standard InChI is InChI=1S/C25H16ClN3O4/c26-18-10-9-13(11-19(18)29(32)33)12-27-28-24(30)22-20-14-5-1-2-6-15(14)21(23(22)25(28)31)17-8-4-3-7-16(17)20/h1-12,20-23H/b27-12+. The lowest BCUT2D eigenvalue weighted by Gasteiger charge is -2.45. The van der Waals surface area contributed by atoms with Crippen LogP contribution in [-0.2, 0) is 9.59 Å². The maximum Gasteiger partial charge on any atom is 0.288 e. The first-order valence-electron chi connectivity index (χ1n) is 10.5. The summed E-state index contributed by atoms with van der Waals surface area (Å²) in [5, 5.41) is 16.3.